The van der Waals surface area contributed by atoms with Gasteiger partial charge < -0.3 is 24.2 Å². The Morgan fingerprint density at radius 3 is 2.62 bits per heavy atom. The summed E-state index contributed by atoms with van der Waals surface area (Å²) in [6.07, 6.45) is 1.61. The van der Waals surface area contributed by atoms with Crippen molar-refractivity contribution in [3.05, 3.63) is 23.8 Å². The number of fused-ring (bicyclic) bond motifs is 1. The first kappa shape index (κ1) is 18.7. The van der Waals surface area contributed by atoms with E-state index in [2.05, 4.69) is 4.90 Å². The van der Waals surface area contributed by atoms with E-state index in [9.17, 15) is 9.59 Å². The maximum atomic E-state index is 12.9. The number of nitrogens with zero attached hydrogens (tertiary/aromatic N) is 3. The Labute approximate surface area is 154 Å². The number of benzene rings is 1. The fourth-order valence-corrected chi connectivity index (χ4v) is 3.71. The molecule has 0 radical (unpaired) electrons. The van der Waals surface area contributed by atoms with Crippen molar-refractivity contribution in [1.29, 1.82) is 0 Å². The zero-order valence-corrected chi connectivity index (χ0v) is 15.9. The molecule has 0 N–H and O–H groups in total. The molecule has 0 aliphatic carbocycles. The smallest absolute Gasteiger partial charge is 0.264 e. The monoisotopic (exact) mass is 361 g/mol. The van der Waals surface area contributed by atoms with Crippen LogP contribution in [0.4, 0.5) is 5.69 Å². The molecule has 3 rings (SSSR count). The lowest BCUT2D eigenvalue weighted by Crippen LogP contribution is -2.52. The molecule has 2 aliphatic heterocycles. The van der Waals surface area contributed by atoms with E-state index in [1.54, 1.807) is 37.3 Å². The van der Waals surface area contributed by atoms with Gasteiger partial charge in [0.25, 0.3) is 11.8 Å². The molecule has 1 aromatic rings. The second-order valence-electron chi connectivity index (χ2n) is 7.34. The minimum Gasteiger partial charge on any atom is -0.482 e. The molecule has 26 heavy (non-hydrogen) atoms. The summed E-state index contributed by atoms with van der Waals surface area (Å²) < 4.78 is 11.2. The minimum atomic E-state index is -0.198. The van der Waals surface area contributed by atoms with E-state index in [0.717, 1.165) is 19.4 Å². The van der Waals surface area contributed by atoms with Crippen LogP contribution in [0.2, 0.25) is 0 Å². The number of ether oxygens (including phenoxy) is 2. The Bertz CT molecular complexity index is 696. The van der Waals surface area contributed by atoms with E-state index in [1.807, 2.05) is 19.0 Å². The number of hydrogen-bond donors (Lipinski definition) is 0. The zero-order chi connectivity index (χ0) is 18.9. The first-order chi connectivity index (χ1) is 12.3. The van der Waals surface area contributed by atoms with E-state index in [-0.39, 0.29) is 24.0 Å². The Hall–Kier alpha value is -2.12. The van der Waals surface area contributed by atoms with Crippen LogP contribution in [0, 0.1) is 0 Å². The number of piperidine rings is 1. The molecule has 1 fully saturated rings. The van der Waals surface area contributed by atoms with Crippen LogP contribution in [0.25, 0.3) is 0 Å². The lowest BCUT2D eigenvalue weighted by atomic mass is 9.90. The average molecular weight is 361 g/mol. The molecule has 0 bridgehead atoms. The van der Waals surface area contributed by atoms with Gasteiger partial charge in [-0.2, -0.15) is 0 Å². The number of carbonyl (C=O) groups excluding carboxylic acids is 2. The molecular weight excluding hydrogens is 334 g/mol. The van der Waals surface area contributed by atoms with Crippen molar-refractivity contribution >= 4 is 17.5 Å². The van der Waals surface area contributed by atoms with Gasteiger partial charge in [-0.3, -0.25) is 9.59 Å². The molecule has 0 spiro atoms. The fraction of sp³-hybridized carbons (Fsp3) is 0.579. The molecule has 142 valence electrons. The summed E-state index contributed by atoms with van der Waals surface area (Å²) in [4.78, 5) is 30.3. The van der Waals surface area contributed by atoms with Gasteiger partial charge in [-0.15, -0.1) is 0 Å². The van der Waals surface area contributed by atoms with Crippen LogP contribution >= 0.6 is 0 Å². The topological polar surface area (TPSA) is 62.3 Å². The number of amides is 2. The van der Waals surface area contributed by atoms with E-state index in [4.69, 9.17) is 9.47 Å². The van der Waals surface area contributed by atoms with Crippen LogP contribution in [-0.4, -0.2) is 81.7 Å². The highest BCUT2D eigenvalue weighted by atomic mass is 16.5. The SMILES string of the molecule is COC1(CN(C)C)CCN(C(=O)c2ccc3c(c2)N(C)C(=O)CO3)CC1. The molecule has 0 unspecified atom stereocenters. The molecule has 2 heterocycles. The summed E-state index contributed by atoms with van der Waals surface area (Å²) in [5.74, 6) is 0.495. The van der Waals surface area contributed by atoms with Gasteiger partial charge in [0, 0.05) is 39.4 Å². The van der Waals surface area contributed by atoms with Crippen LogP contribution in [0.15, 0.2) is 18.2 Å². The highest BCUT2D eigenvalue weighted by Gasteiger charge is 2.37. The Morgan fingerprint density at radius 2 is 2.00 bits per heavy atom. The van der Waals surface area contributed by atoms with Gasteiger partial charge in [0.05, 0.1) is 11.3 Å². The van der Waals surface area contributed by atoms with Crippen LogP contribution in [0.1, 0.15) is 23.2 Å². The van der Waals surface area contributed by atoms with Gasteiger partial charge in [-0.1, -0.05) is 0 Å². The molecule has 2 amide bonds. The third-order valence-corrected chi connectivity index (χ3v) is 5.29. The van der Waals surface area contributed by atoms with Crippen LogP contribution in [0.3, 0.4) is 0 Å². The number of hydrogen-bond acceptors (Lipinski definition) is 5. The van der Waals surface area contributed by atoms with Crippen molar-refractivity contribution in [3.63, 3.8) is 0 Å². The summed E-state index contributed by atoms with van der Waals surface area (Å²) in [5, 5.41) is 0. The predicted molar refractivity (Wildman–Crippen MR) is 98.8 cm³/mol. The number of carbonyl (C=O) groups is 2. The number of methoxy groups -OCH3 is 1. The maximum Gasteiger partial charge on any atom is 0.264 e. The van der Waals surface area contributed by atoms with Gasteiger partial charge in [-0.25, -0.2) is 0 Å². The standard InChI is InChI=1S/C19H27N3O4/c1-20(2)13-19(25-4)7-9-22(10-8-19)18(24)14-5-6-16-15(11-14)21(3)17(23)12-26-16/h5-6,11H,7-10,12-13H2,1-4H3. The van der Waals surface area contributed by atoms with Crippen LogP contribution < -0.4 is 9.64 Å². The van der Waals surface area contributed by atoms with Crippen molar-refractivity contribution in [2.75, 3.05) is 59.4 Å². The fourth-order valence-electron chi connectivity index (χ4n) is 3.71. The molecule has 1 aromatic carbocycles. The maximum absolute atomic E-state index is 12.9. The molecule has 2 aliphatic rings. The average Bonchev–Trinajstić information content (AvgIpc) is 2.64. The second-order valence-corrected chi connectivity index (χ2v) is 7.34. The molecular formula is C19H27N3O4. The molecule has 0 aromatic heterocycles. The van der Waals surface area contributed by atoms with Gasteiger partial charge in [0.1, 0.15) is 5.75 Å². The van der Waals surface area contributed by atoms with E-state index >= 15 is 0 Å². The molecule has 0 saturated carbocycles. The van der Waals surface area contributed by atoms with Gasteiger partial charge in [-0.05, 0) is 45.1 Å². The Kier molecular flexibility index (Phi) is 5.20. The van der Waals surface area contributed by atoms with Crippen molar-refractivity contribution < 1.29 is 19.1 Å². The first-order valence-corrected chi connectivity index (χ1v) is 8.88. The molecule has 0 atom stereocenters. The Morgan fingerprint density at radius 1 is 1.31 bits per heavy atom. The molecule has 7 heteroatoms. The van der Waals surface area contributed by atoms with Crippen molar-refractivity contribution in [3.8, 4) is 5.75 Å². The summed E-state index contributed by atoms with van der Waals surface area (Å²) in [5.41, 5.74) is 1.02. The summed E-state index contributed by atoms with van der Waals surface area (Å²) in [6, 6.07) is 5.27. The van der Waals surface area contributed by atoms with Gasteiger partial charge in [0.15, 0.2) is 6.61 Å². The van der Waals surface area contributed by atoms with Gasteiger partial charge >= 0.3 is 0 Å². The van der Waals surface area contributed by atoms with Crippen molar-refractivity contribution in [2.45, 2.75) is 18.4 Å². The predicted octanol–water partition coefficient (Wildman–Crippen LogP) is 1.22. The summed E-state index contributed by atoms with van der Waals surface area (Å²) in [6.45, 7) is 2.19. The first-order valence-electron chi connectivity index (χ1n) is 8.88. The second kappa shape index (κ2) is 7.25. The lowest BCUT2D eigenvalue weighted by Gasteiger charge is -2.42. The third kappa shape index (κ3) is 3.54. The third-order valence-electron chi connectivity index (χ3n) is 5.29. The van der Waals surface area contributed by atoms with E-state index in [1.165, 1.54) is 0 Å². The Balaban J connectivity index is 1.72. The van der Waals surface area contributed by atoms with E-state index in [0.29, 0.717) is 30.1 Å². The number of likely N-dealkylation sites (N-methyl/N-ethyl adjacent to an activating group) is 2. The quantitative estimate of drug-likeness (QED) is 0.807. The normalized spacial score (nSPS) is 19.3. The highest BCUT2D eigenvalue weighted by Crippen LogP contribution is 2.33. The molecule has 1 saturated heterocycles. The highest BCUT2D eigenvalue weighted by molar-refractivity contribution is 6.01. The largest absolute Gasteiger partial charge is 0.482 e. The number of likely N-dealkylation sites (tertiary alicyclic amines) is 1. The summed E-state index contributed by atoms with van der Waals surface area (Å²) in [7, 11) is 7.51. The van der Waals surface area contributed by atoms with Crippen LogP contribution in [-0.2, 0) is 9.53 Å². The van der Waals surface area contributed by atoms with Crippen molar-refractivity contribution in [1.82, 2.24) is 9.80 Å². The zero-order valence-electron chi connectivity index (χ0n) is 15.9. The number of anilines is 1. The van der Waals surface area contributed by atoms with Gasteiger partial charge in [0.2, 0.25) is 0 Å². The number of rotatable bonds is 4. The van der Waals surface area contributed by atoms with Crippen molar-refractivity contribution in [2.24, 2.45) is 0 Å². The summed E-state index contributed by atoms with van der Waals surface area (Å²) >= 11 is 0. The van der Waals surface area contributed by atoms with Crippen LogP contribution in [0.5, 0.6) is 5.75 Å². The minimum absolute atomic E-state index is 0.0196. The molecule has 7 nitrogen and oxygen atoms in total. The van der Waals surface area contributed by atoms with E-state index < -0.39 is 0 Å². The lowest BCUT2D eigenvalue weighted by molar-refractivity contribution is -0.121.